The van der Waals surface area contributed by atoms with Crippen molar-refractivity contribution in [2.24, 2.45) is 0 Å². The second-order valence-electron chi connectivity index (χ2n) is 3.67. The smallest absolute Gasteiger partial charge is 0.327 e. The van der Waals surface area contributed by atoms with Crippen LogP contribution in [0.5, 0.6) is 0 Å². The maximum absolute atomic E-state index is 13.1. The molecule has 0 radical (unpaired) electrons. The summed E-state index contributed by atoms with van der Waals surface area (Å²) in [5, 5.41) is 0. The van der Waals surface area contributed by atoms with E-state index in [1.165, 1.54) is 6.07 Å². The molecule has 5 heteroatoms. The average Bonchev–Trinajstić information content (AvgIpc) is 2.26. The quantitative estimate of drug-likeness (QED) is 0.571. The summed E-state index contributed by atoms with van der Waals surface area (Å²) in [6, 6.07) is 4.54. The predicted molar refractivity (Wildman–Crippen MR) is 64.9 cm³/mol. The van der Waals surface area contributed by atoms with Crippen molar-refractivity contribution in [2.75, 3.05) is 6.61 Å². The first-order valence-electron chi connectivity index (χ1n) is 4.86. The van der Waals surface area contributed by atoms with Crippen molar-refractivity contribution in [3.8, 4) is 0 Å². The average molecular weight is 352 g/mol. The van der Waals surface area contributed by atoms with Crippen molar-refractivity contribution < 1.29 is 13.9 Å². The van der Waals surface area contributed by atoms with Gasteiger partial charge in [-0.15, -0.1) is 0 Å². The van der Waals surface area contributed by atoms with E-state index >= 15 is 0 Å². The highest BCUT2D eigenvalue weighted by Crippen LogP contribution is 2.41. The second-order valence-corrected chi connectivity index (χ2v) is 5.88. The van der Waals surface area contributed by atoms with Crippen LogP contribution in [0.25, 0.3) is 0 Å². The van der Waals surface area contributed by atoms with E-state index in [1.807, 2.05) is 0 Å². The molecule has 2 nitrogen and oxygen atoms in total. The van der Waals surface area contributed by atoms with Crippen molar-refractivity contribution in [3.63, 3.8) is 0 Å². The Kier molecular flexibility index (Phi) is 3.35. The van der Waals surface area contributed by atoms with Crippen molar-refractivity contribution >= 4 is 37.8 Å². The molecule has 0 spiro atoms. The van der Waals surface area contributed by atoms with Crippen molar-refractivity contribution in [2.45, 2.75) is 17.2 Å². The van der Waals surface area contributed by atoms with Gasteiger partial charge in [0.05, 0.1) is 11.1 Å². The molecule has 1 atom stereocenters. The summed E-state index contributed by atoms with van der Waals surface area (Å²) in [4.78, 5) is 11.7. The predicted octanol–water partition coefficient (Wildman–Crippen LogP) is 3.52. The van der Waals surface area contributed by atoms with Crippen LogP contribution in [0.3, 0.4) is 0 Å². The van der Waals surface area contributed by atoms with Crippen molar-refractivity contribution in [3.05, 3.63) is 34.1 Å². The van der Waals surface area contributed by atoms with Crippen molar-refractivity contribution in [1.29, 1.82) is 0 Å². The Morgan fingerprint density at radius 2 is 2.19 bits per heavy atom. The fraction of sp³-hybridized carbons (Fsp3) is 0.364. The molecule has 1 unspecified atom stereocenters. The molecule has 86 valence electrons. The molecule has 0 bridgehead atoms. The summed E-state index contributed by atoms with van der Waals surface area (Å²) < 4.78 is 17.6. The van der Waals surface area contributed by atoms with Crippen molar-refractivity contribution in [1.82, 2.24) is 0 Å². The summed E-state index contributed by atoms with van der Waals surface area (Å²) in [7, 11) is 0. The SMILES string of the molecule is O=C1OCCCC1(Br)c1ccc(F)c(Br)c1. The lowest BCUT2D eigenvalue weighted by molar-refractivity contribution is -0.150. The zero-order chi connectivity index (χ0) is 11.8. The van der Waals surface area contributed by atoms with E-state index in [4.69, 9.17) is 4.74 Å². The number of esters is 1. The lowest BCUT2D eigenvalue weighted by Gasteiger charge is -2.30. The number of alkyl halides is 1. The number of hydrogen-bond donors (Lipinski definition) is 0. The van der Waals surface area contributed by atoms with Gasteiger partial charge in [-0.3, -0.25) is 4.79 Å². The van der Waals surface area contributed by atoms with Gasteiger partial charge in [0.1, 0.15) is 10.1 Å². The number of benzene rings is 1. The molecule has 1 aromatic rings. The fourth-order valence-corrected chi connectivity index (χ4v) is 2.72. The van der Waals surface area contributed by atoms with Crippen LogP contribution in [0.1, 0.15) is 18.4 Å². The van der Waals surface area contributed by atoms with Gasteiger partial charge in [0.15, 0.2) is 0 Å². The minimum Gasteiger partial charge on any atom is -0.464 e. The van der Waals surface area contributed by atoms with E-state index in [9.17, 15) is 9.18 Å². The fourth-order valence-electron chi connectivity index (χ4n) is 1.70. The van der Waals surface area contributed by atoms with Gasteiger partial charge in [-0.25, -0.2) is 4.39 Å². The van der Waals surface area contributed by atoms with E-state index in [0.29, 0.717) is 23.1 Å². The Morgan fingerprint density at radius 3 is 2.81 bits per heavy atom. The molecule has 2 rings (SSSR count). The van der Waals surface area contributed by atoms with Gasteiger partial charge in [-0.1, -0.05) is 22.0 Å². The Bertz CT molecular complexity index is 436. The van der Waals surface area contributed by atoms with E-state index in [1.54, 1.807) is 12.1 Å². The van der Waals surface area contributed by atoms with Crippen LogP contribution in [0, 0.1) is 5.82 Å². The highest BCUT2D eigenvalue weighted by molar-refractivity contribution is 9.10. The van der Waals surface area contributed by atoms with E-state index in [2.05, 4.69) is 31.9 Å². The molecule has 0 aliphatic carbocycles. The molecular weight excluding hydrogens is 343 g/mol. The van der Waals surface area contributed by atoms with Crippen LogP contribution >= 0.6 is 31.9 Å². The zero-order valence-corrected chi connectivity index (χ0v) is 11.5. The molecule has 0 N–H and O–H groups in total. The van der Waals surface area contributed by atoms with Gasteiger partial charge < -0.3 is 4.74 Å². The first kappa shape index (κ1) is 12.0. The lowest BCUT2D eigenvalue weighted by Crippen LogP contribution is -2.35. The van der Waals surface area contributed by atoms with E-state index in [-0.39, 0.29) is 11.8 Å². The van der Waals surface area contributed by atoms with Crippen LogP contribution in [0.2, 0.25) is 0 Å². The van der Waals surface area contributed by atoms with Gasteiger partial charge in [-0.05, 0) is 46.5 Å². The summed E-state index contributed by atoms with van der Waals surface area (Å²) in [6.45, 7) is 0.453. The summed E-state index contributed by atoms with van der Waals surface area (Å²) >= 11 is 6.52. The third kappa shape index (κ3) is 2.02. The first-order valence-corrected chi connectivity index (χ1v) is 6.44. The minimum atomic E-state index is -0.832. The molecule has 1 aliphatic heterocycles. The van der Waals surface area contributed by atoms with Gasteiger partial charge in [0, 0.05) is 0 Å². The zero-order valence-electron chi connectivity index (χ0n) is 8.30. The molecule has 0 aromatic heterocycles. The summed E-state index contributed by atoms with van der Waals surface area (Å²) in [5.74, 6) is -0.652. The third-order valence-corrected chi connectivity index (χ3v) is 4.39. The van der Waals surface area contributed by atoms with Crippen LogP contribution in [0.15, 0.2) is 22.7 Å². The Labute approximate surface area is 109 Å². The molecule has 1 aliphatic rings. The molecule has 1 fully saturated rings. The highest BCUT2D eigenvalue weighted by atomic mass is 79.9. The maximum Gasteiger partial charge on any atom is 0.327 e. The molecule has 1 saturated heterocycles. The van der Waals surface area contributed by atoms with Crippen LogP contribution in [-0.4, -0.2) is 12.6 Å². The number of halogens is 3. The van der Waals surface area contributed by atoms with Gasteiger partial charge >= 0.3 is 5.97 Å². The number of carbonyl (C=O) groups is 1. The van der Waals surface area contributed by atoms with Gasteiger partial charge in [0.2, 0.25) is 0 Å². The number of cyclic esters (lactones) is 1. The van der Waals surface area contributed by atoms with Gasteiger partial charge in [0.25, 0.3) is 0 Å². The molecule has 0 amide bonds. The third-order valence-electron chi connectivity index (χ3n) is 2.60. The van der Waals surface area contributed by atoms with Gasteiger partial charge in [-0.2, -0.15) is 0 Å². The number of rotatable bonds is 1. The number of ether oxygens (including phenoxy) is 1. The minimum absolute atomic E-state index is 0.308. The van der Waals surface area contributed by atoms with E-state index < -0.39 is 4.32 Å². The van der Waals surface area contributed by atoms with Crippen LogP contribution in [0.4, 0.5) is 4.39 Å². The highest BCUT2D eigenvalue weighted by Gasteiger charge is 2.41. The molecule has 1 heterocycles. The maximum atomic E-state index is 13.1. The topological polar surface area (TPSA) is 26.3 Å². The number of carbonyl (C=O) groups excluding carboxylic acids is 1. The molecule has 0 saturated carbocycles. The van der Waals surface area contributed by atoms with Crippen LogP contribution < -0.4 is 0 Å². The standard InChI is InChI=1S/C11H9Br2FO2/c12-8-6-7(2-3-9(8)14)11(13)4-1-5-16-10(11)15/h2-3,6H,1,4-5H2. The first-order chi connectivity index (χ1) is 7.54. The molecule has 1 aromatic carbocycles. The Morgan fingerprint density at radius 1 is 1.44 bits per heavy atom. The molecule has 16 heavy (non-hydrogen) atoms. The lowest BCUT2D eigenvalue weighted by atomic mass is 9.92. The van der Waals surface area contributed by atoms with Crippen LogP contribution in [-0.2, 0) is 13.9 Å². The normalized spacial score (nSPS) is 25.3. The Balaban J connectivity index is 2.41. The second kappa shape index (κ2) is 4.45. The Hall–Kier alpha value is -0.420. The van der Waals surface area contributed by atoms with E-state index in [0.717, 1.165) is 6.42 Å². The monoisotopic (exact) mass is 350 g/mol. The summed E-state index contributed by atoms with van der Waals surface area (Å²) in [6.07, 6.45) is 1.45. The number of hydrogen-bond acceptors (Lipinski definition) is 2. The molecular formula is C11H9Br2FO2. The summed E-state index contributed by atoms with van der Waals surface area (Å²) in [5.41, 5.74) is 0.713. The largest absolute Gasteiger partial charge is 0.464 e.